The number of rotatable bonds is 4. The summed E-state index contributed by atoms with van der Waals surface area (Å²) in [6, 6.07) is 0. The quantitative estimate of drug-likeness (QED) is 0.900. The maximum Gasteiger partial charge on any atom is 0.0543 e. The Bertz CT molecular complexity index is 389. The molecule has 2 atom stereocenters. The van der Waals surface area contributed by atoms with Crippen LogP contribution in [0.1, 0.15) is 58.9 Å². The zero-order valence-corrected chi connectivity index (χ0v) is 12.9. The number of aromatic nitrogens is 2. The lowest BCUT2D eigenvalue weighted by molar-refractivity contribution is 0.247. The summed E-state index contributed by atoms with van der Waals surface area (Å²) in [6.45, 7) is 11.0. The minimum atomic E-state index is 0.0795. The van der Waals surface area contributed by atoms with Crippen LogP contribution in [0.4, 0.5) is 0 Å². The minimum Gasteiger partial charge on any atom is -0.312 e. The van der Waals surface area contributed by atoms with Gasteiger partial charge in [0.25, 0.3) is 0 Å². The molecule has 1 aliphatic rings. The molecular formula is C16H29N3. The maximum atomic E-state index is 4.44. The highest BCUT2D eigenvalue weighted by molar-refractivity contribution is 5.04. The molecule has 108 valence electrons. The second kappa shape index (κ2) is 6.08. The van der Waals surface area contributed by atoms with E-state index in [1.54, 1.807) is 0 Å². The largest absolute Gasteiger partial charge is 0.312 e. The fourth-order valence-electron chi connectivity index (χ4n) is 2.92. The van der Waals surface area contributed by atoms with E-state index in [0.29, 0.717) is 0 Å². The molecule has 1 heterocycles. The molecule has 3 nitrogen and oxygen atoms in total. The van der Waals surface area contributed by atoms with E-state index in [9.17, 15) is 0 Å². The van der Waals surface area contributed by atoms with Gasteiger partial charge in [0, 0.05) is 18.3 Å². The van der Waals surface area contributed by atoms with E-state index in [1.807, 2.05) is 10.9 Å². The topological polar surface area (TPSA) is 29.9 Å². The standard InChI is InChI=1S/C16H29N3/c1-13-7-5-6-8-15(13)11-17-9-14-10-18-19(12-14)16(2,3)4/h10,12-13,15,17H,5-9,11H2,1-4H3. The Hall–Kier alpha value is -0.830. The number of hydrogen-bond acceptors (Lipinski definition) is 2. The first-order valence-electron chi connectivity index (χ1n) is 7.71. The second-order valence-electron chi connectivity index (χ2n) is 7.12. The van der Waals surface area contributed by atoms with Gasteiger partial charge in [-0.2, -0.15) is 5.10 Å². The van der Waals surface area contributed by atoms with Crippen molar-refractivity contribution in [3.05, 3.63) is 18.0 Å². The van der Waals surface area contributed by atoms with Gasteiger partial charge in [-0.25, -0.2) is 0 Å². The van der Waals surface area contributed by atoms with Gasteiger partial charge in [0.2, 0.25) is 0 Å². The lowest BCUT2D eigenvalue weighted by Crippen LogP contribution is -2.29. The highest BCUT2D eigenvalue weighted by Crippen LogP contribution is 2.28. The van der Waals surface area contributed by atoms with Crippen LogP contribution >= 0.6 is 0 Å². The van der Waals surface area contributed by atoms with E-state index >= 15 is 0 Å². The van der Waals surface area contributed by atoms with Crippen molar-refractivity contribution in [2.45, 2.75) is 65.5 Å². The van der Waals surface area contributed by atoms with Gasteiger partial charge >= 0.3 is 0 Å². The molecule has 1 fully saturated rings. The molecule has 0 amide bonds. The van der Waals surface area contributed by atoms with Crippen LogP contribution in [0.3, 0.4) is 0 Å². The van der Waals surface area contributed by atoms with Gasteiger partial charge in [-0.15, -0.1) is 0 Å². The Morgan fingerprint density at radius 2 is 2.05 bits per heavy atom. The molecule has 1 N–H and O–H groups in total. The van der Waals surface area contributed by atoms with Gasteiger partial charge in [-0.05, 0) is 45.6 Å². The average Bonchev–Trinajstić information content (AvgIpc) is 2.80. The van der Waals surface area contributed by atoms with Gasteiger partial charge in [0.05, 0.1) is 11.7 Å². The first kappa shape index (κ1) is 14.6. The normalized spacial score (nSPS) is 24.6. The fourth-order valence-corrected chi connectivity index (χ4v) is 2.92. The second-order valence-corrected chi connectivity index (χ2v) is 7.12. The summed E-state index contributed by atoms with van der Waals surface area (Å²) in [5, 5.41) is 8.06. The van der Waals surface area contributed by atoms with Crippen molar-refractivity contribution >= 4 is 0 Å². The summed E-state index contributed by atoms with van der Waals surface area (Å²) < 4.78 is 2.05. The Labute approximate surface area is 117 Å². The van der Waals surface area contributed by atoms with Crippen LogP contribution in [0, 0.1) is 11.8 Å². The van der Waals surface area contributed by atoms with Crippen molar-refractivity contribution in [1.82, 2.24) is 15.1 Å². The van der Waals surface area contributed by atoms with Crippen molar-refractivity contribution in [2.75, 3.05) is 6.54 Å². The third kappa shape index (κ3) is 4.07. The van der Waals surface area contributed by atoms with Crippen molar-refractivity contribution in [3.8, 4) is 0 Å². The van der Waals surface area contributed by atoms with Gasteiger partial charge < -0.3 is 5.32 Å². The van der Waals surface area contributed by atoms with Gasteiger partial charge in [-0.1, -0.05) is 26.2 Å². The third-order valence-electron chi connectivity index (χ3n) is 4.35. The van der Waals surface area contributed by atoms with Crippen molar-refractivity contribution in [3.63, 3.8) is 0 Å². The molecule has 0 spiro atoms. The minimum absolute atomic E-state index is 0.0795. The smallest absolute Gasteiger partial charge is 0.0543 e. The molecule has 1 saturated carbocycles. The molecule has 1 aliphatic carbocycles. The summed E-state index contributed by atoms with van der Waals surface area (Å²) in [6.07, 6.45) is 9.80. The Morgan fingerprint density at radius 1 is 1.32 bits per heavy atom. The SMILES string of the molecule is CC1CCCCC1CNCc1cnn(C(C)(C)C)c1. The molecule has 1 aromatic rings. The summed E-state index contributed by atoms with van der Waals surface area (Å²) >= 11 is 0. The van der Waals surface area contributed by atoms with Crippen LogP contribution in [0.15, 0.2) is 12.4 Å². The summed E-state index contributed by atoms with van der Waals surface area (Å²) in [4.78, 5) is 0. The Morgan fingerprint density at radius 3 is 2.68 bits per heavy atom. The fraction of sp³-hybridized carbons (Fsp3) is 0.812. The first-order valence-corrected chi connectivity index (χ1v) is 7.71. The monoisotopic (exact) mass is 263 g/mol. The predicted molar refractivity (Wildman–Crippen MR) is 80.1 cm³/mol. The number of hydrogen-bond donors (Lipinski definition) is 1. The Kier molecular flexibility index (Phi) is 4.67. The molecule has 1 aromatic heterocycles. The van der Waals surface area contributed by atoms with Crippen LogP contribution in [-0.4, -0.2) is 16.3 Å². The first-order chi connectivity index (χ1) is 8.97. The van der Waals surface area contributed by atoms with Crippen molar-refractivity contribution < 1.29 is 0 Å². The zero-order valence-electron chi connectivity index (χ0n) is 12.9. The summed E-state index contributed by atoms with van der Waals surface area (Å²) in [7, 11) is 0. The molecule has 0 bridgehead atoms. The third-order valence-corrected chi connectivity index (χ3v) is 4.35. The van der Waals surface area contributed by atoms with E-state index in [4.69, 9.17) is 0 Å². The van der Waals surface area contributed by atoms with E-state index in [-0.39, 0.29) is 5.54 Å². The van der Waals surface area contributed by atoms with Crippen LogP contribution in [-0.2, 0) is 12.1 Å². The molecule has 0 aliphatic heterocycles. The summed E-state index contributed by atoms with van der Waals surface area (Å²) in [5.41, 5.74) is 1.37. The molecule has 0 aromatic carbocycles. The molecule has 3 heteroatoms. The lowest BCUT2D eigenvalue weighted by atomic mass is 9.80. The van der Waals surface area contributed by atoms with E-state index in [0.717, 1.165) is 24.9 Å². The van der Waals surface area contributed by atoms with Gasteiger partial charge in [-0.3, -0.25) is 4.68 Å². The number of nitrogens with one attached hydrogen (secondary N) is 1. The summed E-state index contributed by atoms with van der Waals surface area (Å²) in [5.74, 6) is 1.75. The van der Waals surface area contributed by atoms with Crippen molar-refractivity contribution in [2.24, 2.45) is 11.8 Å². The van der Waals surface area contributed by atoms with Crippen LogP contribution < -0.4 is 5.32 Å². The van der Waals surface area contributed by atoms with Crippen molar-refractivity contribution in [1.29, 1.82) is 0 Å². The number of nitrogens with zero attached hydrogens (tertiary/aromatic N) is 2. The Balaban J connectivity index is 1.78. The molecular weight excluding hydrogens is 234 g/mol. The molecule has 19 heavy (non-hydrogen) atoms. The average molecular weight is 263 g/mol. The molecule has 0 saturated heterocycles. The van der Waals surface area contributed by atoms with Gasteiger partial charge in [0.1, 0.15) is 0 Å². The van der Waals surface area contributed by atoms with E-state index in [1.165, 1.54) is 31.2 Å². The predicted octanol–water partition coefficient (Wildman–Crippen LogP) is 3.55. The highest BCUT2D eigenvalue weighted by atomic mass is 15.3. The zero-order chi connectivity index (χ0) is 13.9. The molecule has 2 rings (SSSR count). The molecule has 2 unspecified atom stereocenters. The van der Waals surface area contributed by atoms with Crippen LogP contribution in [0.25, 0.3) is 0 Å². The molecule has 0 radical (unpaired) electrons. The van der Waals surface area contributed by atoms with Crippen LogP contribution in [0.2, 0.25) is 0 Å². The highest BCUT2D eigenvalue weighted by Gasteiger charge is 2.20. The lowest BCUT2D eigenvalue weighted by Gasteiger charge is -2.28. The van der Waals surface area contributed by atoms with Gasteiger partial charge in [0.15, 0.2) is 0 Å². The van der Waals surface area contributed by atoms with E-state index in [2.05, 4.69) is 44.3 Å². The van der Waals surface area contributed by atoms with Crippen LogP contribution in [0.5, 0.6) is 0 Å². The maximum absolute atomic E-state index is 4.44. The van der Waals surface area contributed by atoms with E-state index < -0.39 is 0 Å².